The summed E-state index contributed by atoms with van der Waals surface area (Å²) in [5.41, 5.74) is 1.65. The Balaban J connectivity index is 1.39. The summed E-state index contributed by atoms with van der Waals surface area (Å²) in [5, 5.41) is 0. The molecule has 1 atom stereocenters. The van der Waals surface area contributed by atoms with Crippen molar-refractivity contribution in [1.29, 1.82) is 0 Å². The molecule has 1 N–H and O–H groups in total. The summed E-state index contributed by atoms with van der Waals surface area (Å²) in [5.74, 6) is 2.09. The number of rotatable bonds is 7. The molecule has 1 aliphatic rings. The van der Waals surface area contributed by atoms with Gasteiger partial charge >= 0.3 is 0 Å². The van der Waals surface area contributed by atoms with E-state index in [0.29, 0.717) is 40.2 Å². The molecule has 0 aliphatic carbocycles. The van der Waals surface area contributed by atoms with Crippen molar-refractivity contribution < 1.29 is 23.2 Å². The van der Waals surface area contributed by atoms with Crippen molar-refractivity contribution in [2.75, 3.05) is 7.11 Å². The quantitative estimate of drug-likeness (QED) is 0.626. The number of carbonyl (C=O) groups excluding carboxylic acids is 1. The number of pyridine rings is 1. The monoisotopic (exact) mass is 422 g/mol. The molecule has 1 unspecified atom stereocenters. The number of hydrogen-bond donors (Lipinski definition) is 1. The standard InChI is InChI=1S/C22H18N2O5S/c1-27-22-12-19(9-10-23-22)29-18-4-2-3-15(11-18)14-28-17-7-5-16(6-8-17)20-13-21(25)24-30(20)26/h2-13H,14H2,1H3,(H,24,25). The zero-order chi connectivity index (χ0) is 20.9. The Morgan fingerprint density at radius 2 is 1.80 bits per heavy atom. The third kappa shape index (κ3) is 4.66. The molecule has 0 bridgehead atoms. The number of nitrogens with zero attached hydrogens (tertiary/aromatic N) is 1. The van der Waals surface area contributed by atoms with Crippen molar-refractivity contribution in [2.45, 2.75) is 6.61 Å². The van der Waals surface area contributed by atoms with Crippen molar-refractivity contribution in [1.82, 2.24) is 9.71 Å². The SMILES string of the molecule is COc1cc(Oc2cccc(COc3ccc(C4=CC(=O)NS4=O)cc3)c2)ccn1. The third-order valence-electron chi connectivity index (χ3n) is 4.25. The summed E-state index contributed by atoms with van der Waals surface area (Å²) in [6, 6.07) is 18.1. The van der Waals surface area contributed by atoms with Gasteiger partial charge < -0.3 is 14.2 Å². The topological polar surface area (TPSA) is 86.8 Å². The van der Waals surface area contributed by atoms with Crippen LogP contribution in [0.15, 0.2) is 72.9 Å². The maximum atomic E-state index is 11.8. The minimum atomic E-state index is -1.51. The van der Waals surface area contributed by atoms with Crippen LogP contribution in [-0.4, -0.2) is 22.2 Å². The van der Waals surface area contributed by atoms with Gasteiger partial charge in [-0.2, -0.15) is 0 Å². The number of hydrogen-bond acceptors (Lipinski definition) is 6. The molecule has 7 nitrogen and oxygen atoms in total. The highest BCUT2D eigenvalue weighted by Gasteiger charge is 2.20. The maximum Gasteiger partial charge on any atom is 0.257 e. The maximum absolute atomic E-state index is 11.8. The van der Waals surface area contributed by atoms with E-state index in [1.54, 1.807) is 49.7 Å². The van der Waals surface area contributed by atoms with Crippen LogP contribution in [-0.2, 0) is 22.4 Å². The van der Waals surface area contributed by atoms with Gasteiger partial charge in [-0.05, 0) is 41.5 Å². The summed E-state index contributed by atoms with van der Waals surface area (Å²) in [6.45, 7) is 0.352. The lowest BCUT2D eigenvalue weighted by Gasteiger charge is -2.10. The van der Waals surface area contributed by atoms with Crippen LogP contribution in [0.2, 0.25) is 0 Å². The molecule has 0 spiro atoms. The molecule has 0 radical (unpaired) electrons. The van der Waals surface area contributed by atoms with E-state index in [1.807, 2.05) is 24.3 Å². The predicted octanol–water partition coefficient (Wildman–Crippen LogP) is 3.60. The zero-order valence-electron chi connectivity index (χ0n) is 16.0. The number of amides is 1. The minimum absolute atomic E-state index is 0.351. The van der Waals surface area contributed by atoms with Crippen molar-refractivity contribution in [3.63, 3.8) is 0 Å². The van der Waals surface area contributed by atoms with E-state index < -0.39 is 11.0 Å². The molecule has 1 amide bonds. The van der Waals surface area contributed by atoms with Crippen molar-refractivity contribution in [3.05, 3.63) is 84.1 Å². The molecule has 0 saturated heterocycles. The first kappa shape index (κ1) is 19.7. The van der Waals surface area contributed by atoms with Crippen LogP contribution in [0.25, 0.3) is 4.91 Å². The van der Waals surface area contributed by atoms with Gasteiger partial charge in [0, 0.05) is 18.3 Å². The van der Waals surface area contributed by atoms with Gasteiger partial charge in [0.1, 0.15) is 23.9 Å². The lowest BCUT2D eigenvalue weighted by molar-refractivity contribution is -0.114. The average molecular weight is 422 g/mol. The van der Waals surface area contributed by atoms with Crippen LogP contribution in [0, 0.1) is 0 Å². The smallest absolute Gasteiger partial charge is 0.257 e. The Kier molecular flexibility index (Phi) is 5.76. The first-order chi connectivity index (χ1) is 14.6. The van der Waals surface area contributed by atoms with Crippen LogP contribution >= 0.6 is 0 Å². The number of aromatic nitrogens is 1. The van der Waals surface area contributed by atoms with E-state index in [0.717, 1.165) is 5.56 Å². The number of ether oxygens (including phenoxy) is 3. The number of benzene rings is 2. The van der Waals surface area contributed by atoms with Crippen LogP contribution < -0.4 is 18.9 Å². The van der Waals surface area contributed by atoms with Crippen LogP contribution in [0.4, 0.5) is 0 Å². The van der Waals surface area contributed by atoms with Crippen molar-refractivity contribution in [3.8, 4) is 23.1 Å². The molecule has 30 heavy (non-hydrogen) atoms. The second-order valence-electron chi connectivity index (χ2n) is 6.34. The van der Waals surface area contributed by atoms with Gasteiger partial charge in [-0.25, -0.2) is 9.19 Å². The average Bonchev–Trinajstić information content (AvgIpc) is 3.11. The molecule has 0 saturated carbocycles. The fraction of sp³-hybridized carbons (Fsp3) is 0.0909. The summed E-state index contributed by atoms with van der Waals surface area (Å²) >= 11 is 0. The fourth-order valence-electron chi connectivity index (χ4n) is 2.82. The van der Waals surface area contributed by atoms with Crippen molar-refractivity contribution in [2.24, 2.45) is 0 Å². The second kappa shape index (κ2) is 8.79. The molecule has 152 valence electrons. The zero-order valence-corrected chi connectivity index (χ0v) is 16.8. The second-order valence-corrected chi connectivity index (χ2v) is 7.52. The van der Waals surface area contributed by atoms with Crippen molar-refractivity contribution >= 4 is 21.8 Å². The normalized spacial score (nSPS) is 15.3. The largest absolute Gasteiger partial charge is 0.489 e. The fourth-order valence-corrected chi connectivity index (χ4v) is 3.74. The molecule has 0 fully saturated rings. The van der Waals surface area contributed by atoms with Gasteiger partial charge in [-0.1, -0.05) is 24.3 Å². The molecule has 2 heterocycles. The Labute approximate surface area is 175 Å². The molecular weight excluding hydrogens is 404 g/mol. The molecule has 2 aromatic carbocycles. The van der Waals surface area contributed by atoms with Gasteiger partial charge in [0.05, 0.1) is 12.0 Å². The molecule has 1 aliphatic heterocycles. The summed E-state index contributed by atoms with van der Waals surface area (Å²) < 4.78 is 31.0. The Bertz CT molecular complexity index is 1130. The van der Waals surface area contributed by atoms with E-state index in [-0.39, 0.29) is 5.91 Å². The van der Waals surface area contributed by atoms with Crippen LogP contribution in [0.3, 0.4) is 0 Å². The molecule has 4 rings (SSSR count). The lowest BCUT2D eigenvalue weighted by Crippen LogP contribution is -2.16. The van der Waals surface area contributed by atoms with Gasteiger partial charge in [-0.15, -0.1) is 0 Å². The molecule has 1 aromatic heterocycles. The van der Waals surface area contributed by atoms with E-state index in [4.69, 9.17) is 14.2 Å². The minimum Gasteiger partial charge on any atom is -0.489 e. The Morgan fingerprint density at radius 3 is 2.53 bits per heavy atom. The molecule has 8 heteroatoms. The number of nitrogens with one attached hydrogen (secondary N) is 1. The summed E-state index contributed by atoms with van der Waals surface area (Å²) in [6.07, 6.45) is 2.96. The first-order valence-electron chi connectivity index (χ1n) is 9.05. The number of carbonyl (C=O) groups is 1. The predicted molar refractivity (Wildman–Crippen MR) is 112 cm³/mol. The molecule has 3 aromatic rings. The highest BCUT2D eigenvalue weighted by Crippen LogP contribution is 2.26. The van der Waals surface area contributed by atoms with Gasteiger partial charge in [0.2, 0.25) is 5.88 Å². The summed E-state index contributed by atoms with van der Waals surface area (Å²) in [4.78, 5) is 15.8. The highest BCUT2D eigenvalue weighted by atomic mass is 32.2. The van der Waals surface area contributed by atoms with Gasteiger partial charge in [0.25, 0.3) is 5.91 Å². The Morgan fingerprint density at radius 1 is 1.00 bits per heavy atom. The van der Waals surface area contributed by atoms with E-state index in [9.17, 15) is 9.00 Å². The number of methoxy groups -OCH3 is 1. The van der Waals surface area contributed by atoms with E-state index >= 15 is 0 Å². The Hall–Kier alpha value is -3.65. The van der Waals surface area contributed by atoms with E-state index in [1.165, 1.54) is 6.08 Å². The van der Waals surface area contributed by atoms with Gasteiger partial charge in [0.15, 0.2) is 11.0 Å². The van der Waals surface area contributed by atoms with Crippen LogP contribution in [0.5, 0.6) is 23.1 Å². The summed E-state index contributed by atoms with van der Waals surface area (Å²) in [7, 11) is 0.0441. The first-order valence-corrected chi connectivity index (χ1v) is 10.2. The molecular formula is C22H18N2O5S. The van der Waals surface area contributed by atoms with E-state index in [2.05, 4.69) is 9.71 Å². The van der Waals surface area contributed by atoms with Gasteiger partial charge in [-0.3, -0.25) is 9.52 Å². The van der Waals surface area contributed by atoms with Crippen LogP contribution in [0.1, 0.15) is 11.1 Å². The lowest BCUT2D eigenvalue weighted by atomic mass is 10.2. The highest BCUT2D eigenvalue weighted by molar-refractivity contribution is 7.93. The third-order valence-corrected chi connectivity index (χ3v) is 5.39.